The molecule has 9 heteroatoms. The predicted molar refractivity (Wildman–Crippen MR) is 148 cm³/mol. The second-order valence-corrected chi connectivity index (χ2v) is 9.98. The Kier molecular flexibility index (Phi) is 8.45. The van der Waals surface area contributed by atoms with Crippen molar-refractivity contribution in [3.8, 4) is 5.75 Å². The summed E-state index contributed by atoms with van der Waals surface area (Å²) in [4.78, 5) is 32.0. The van der Waals surface area contributed by atoms with Gasteiger partial charge in [-0.1, -0.05) is 41.9 Å². The first-order valence-corrected chi connectivity index (χ1v) is 13.5. The molecular formula is C30H31ClFN3O4. The van der Waals surface area contributed by atoms with Crippen molar-refractivity contribution in [2.75, 3.05) is 51.3 Å². The number of fused-ring (bicyclic) bond motifs is 1. The second-order valence-electron chi connectivity index (χ2n) is 9.58. The maximum atomic E-state index is 14.0. The van der Waals surface area contributed by atoms with E-state index < -0.39 is 17.8 Å². The van der Waals surface area contributed by atoms with Gasteiger partial charge in [-0.05, 0) is 54.4 Å². The summed E-state index contributed by atoms with van der Waals surface area (Å²) in [6.07, 6.45) is 0. The van der Waals surface area contributed by atoms with Crippen LogP contribution in [0.5, 0.6) is 5.75 Å². The number of hydrogen-bond donors (Lipinski definition) is 1. The molecule has 39 heavy (non-hydrogen) atoms. The van der Waals surface area contributed by atoms with Gasteiger partial charge in [0.2, 0.25) is 5.91 Å². The van der Waals surface area contributed by atoms with Crippen molar-refractivity contribution < 1.29 is 23.5 Å². The van der Waals surface area contributed by atoms with Gasteiger partial charge in [-0.3, -0.25) is 14.5 Å². The molecule has 0 saturated carbocycles. The summed E-state index contributed by atoms with van der Waals surface area (Å²) in [5.41, 5.74) is 2.25. The van der Waals surface area contributed by atoms with E-state index in [9.17, 15) is 14.0 Å². The Bertz CT molecular complexity index is 1330. The molecule has 5 rings (SSSR count). The molecule has 2 aliphatic rings. The molecule has 3 aromatic carbocycles. The van der Waals surface area contributed by atoms with Crippen molar-refractivity contribution in [2.45, 2.75) is 18.9 Å². The molecule has 0 spiro atoms. The minimum Gasteiger partial charge on any atom is -0.494 e. The van der Waals surface area contributed by atoms with E-state index in [4.69, 9.17) is 21.1 Å². The molecule has 0 bridgehead atoms. The van der Waals surface area contributed by atoms with Crippen LogP contribution < -0.4 is 10.1 Å². The van der Waals surface area contributed by atoms with E-state index in [0.717, 1.165) is 24.7 Å². The van der Waals surface area contributed by atoms with Gasteiger partial charge in [0.05, 0.1) is 42.5 Å². The van der Waals surface area contributed by atoms with Crippen molar-refractivity contribution in [3.63, 3.8) is 0 Å². The second kappa shape index (κ2) is 12.2. The van der Waals surface area contributed by atoms with Gasteiger partial charge in [0, 0.05) is 31.7 Å². The van der Waals surface area contributed by atoms with Gasteiger partial charge in [-0.15, -0.1) is 0 Å². The molecule has 7 nitrogen and oxygen atoms in total. The molecule has 3 aromatic rings. The molecule has 2 atom stereocenters. The van der Waals surface area contributed by atoms with E-state index >= 15 is 0 Å². The van der Waals surface area contributed by atoms with Gasteiger partial charge in [-0.2, -0.15) is 0 Å². The molecule has 0 radical (unpaired) electrons. The first-order valence-electron chi connectivity index (χ1n) is 13.1. The number of carbonyl (C=O) groups is 2. The molecule has 0 aromatic heterocycles. The Morgan fingerprint density at radius 1 is 1.08 bits per heavy atom. The quantitative estimate of drug-likeness (QED) is 0.420. The topological polar surface area (TPSA) is 71.1 Å². The summed E-state index contributed by atoms with van der Waals surface area (Å²) in [6.45, 7) is 6.43. The number of benzene rings is 3. The van der Waals surface area contributed by atoms with Gasteiger partial charge in [0.25, 0.3) is 5.91 Å². The Morgan fingerprint density at radius 2 is 1.82 bits per heavy atom. The summed E-state index contributed by atoms with van der Waals surface area (Å²) in [6, 6.07) is 18.0. The lowest BCUT2D eigenvalue weighted by Crippen LogP contribution is -2.49. The van der Waals surface area contributed by atoms with Crippen LogP contribution in [-0.2, 0) is 9.53 Å². The molecule has 1 N–H and O–H groups in total. The molecule has 1 fully saturated rings. The van der Waals surface area contributed by atoms with Crippen molar-refractivity contribution in [1.29, 1.82) is 0 Å². The fourth-order valence-corrected chi connectivity index (χ4v) is 5.51. The summed E-state index contributed by atoms with van der Waals surface area (Å²) >= 11 is 6.25. The van der Waals surface area contributed by atoms with E-state index in [1.807, 2.05) is 43.3 Å². The molecule has 204 valence electrons. The van der Waals surface area contributed by atoms with Crippen molar-refractivity contribution >= 4 is 29.1 Å². The van der Waals surface area contributed by atoms with Gasteiger partial charge in [0.15, 0.2) is 0 Å². The third-order valence-corrected chi connectivity index (χ3v) is 7.52. The smallest absolute Gasteiger partial charge is 0.254 e. The first-order chi connectivity index (χ1) is 19.0. The Hall–Kier alpha value is -3.46. The molecule has 2 heterocycles. The van der Waals surface area contributed by atoms with Crippen LogP contribution in [0.3, 0.4) is 0 Å². The lowest BCUT2D eigenvalue weighted by molar-refractivity contribution is -0.119. The Balaban J connectivity index is 1.55. The maximum absolute atomic E-state index is 14.0. The highest BCUT2D eigenvalue weighted by Crippen LogP contribution is 2.44. The molecule has 0 aliphatic carbocycles. The number of rotatable bonds is 8. The molecule has 0 unspecified atom stereocenters. The largest absolute Gasteiger partial charge is 0.494 e. The summed E-state index contributed by atoms with van der Waals surface area (Å²) in [7, 11) is 0. The maximum Gasteiger partial charge on any atom is 0.254 e. The Morgan fingerprint density at radius 3 is 2.54 bits per heavy atom. The Labute approximate surface area is 232 Å². The summed E-state index contributed by atoms with van der Waals surface area (Å²) < 4.78 is 24.8. The zero-order valence-electron chi connectivity index (χ0n) is 21.7. The van der Waals surface area contributed by atoms with Crippen LogP contribution in [0.4, 0.5) is 10.1 Å². The third kappa shape index (κ3) is 5.93. The van der Waals surface area contributed by atoms with Crippen LogP contribution in [0.2, 0.25) is 5.02 Å². The molecular weight excluding hydrogens is 521 g/mol. The van der Waals surface area contributed by atoms with Crippen LogP contribution in [-0.4, -0.2) is 67.6 Å². The molecule has 1 saturated heterocycles. The van der Waals surface area contributed by atoms with E-state index in [2.05, 4.69) is 10.2 Å². The molecule has 2 amide bonds. The van der Waals surface area contributed by atoms with Crippen LogP contribution in [0.1, 0.15) is 40.4 Å². The van der Waals surface area contributed by atoms with Crippen LogP contribution in [0.25, 0.3) is 0 Å². The fraction of sp³-hybridized carbons (Fsp3) is 0.333. The highest BCUT2D eigenvalue weighted by molar-refractivity contribution is 6.33. The number of carbonyl (C=O) groups excluding carboxylic acids is 2. The highest BCUT2D eigenvalue weighted by Gasteiger charge is 2.44. The van der Waals surface area contributed by atoms with Crippen molar-refractivity contribution in [2.24, 2.45) is 0 Å². The summed E-state index contributed by atoms with van der Waals surface area (Å²) in [5.74, 6) is -0.973. The zero-order valence-corrected chi connectivity index (χ0v) is 22.5. The van der Waals surface area contributed by atoms with E-state index in [1.54, 1.807) is 17.0 Å². The predicted octanol–water partition coefficient (Wildman–Crippen LogP) is 5.13. The standard InChI is InChI=1S/C30H31ClFN3O4/c1-2-39-22-10-7-20(8-11-22)28-27(29(36)33-26-12-9-21(32)19-25(26)31)23-5-3-4-6-24(23)30(37)35(28)14-13-34-15-17-38-18-16-34/h3-12,19,27-28H,2,13-18H2,1H3,(H,33,36)/t27-,28-/m1/s1. The van der Waals surface area contributed by atoms with Gasteiger partial charge in [-0.25, -0.2) is 4.39 Å². The lowest BCUT2D eigenvalue weighted by Gasteiger charge is -2.43. The lowest BCUT2D eigenvalue weighted by atomic mass is 9.79. The first kappa shape index (κ1) is 27.1. The van der Waals surface area contributed by atoms with Gasteiger partial charge in [0.1, 0.15) is 11.6 Å². The van der Waals surface area contributed by atoms with Crippen LogP contribution in [0, 0.1) is 5.82 Å². The third-order valence-electron chi connectivity index (χ3n) is 7.20. The molecule has 2 aliphatic heterocycles. The number of morpholine rings is 1. The zero-order chi connectivity index (χ0) is 27.4. The minimum absolute atomic E-state index is 0.102. The fourth-order valence-electron chi connectivity index (χ4n) is 5.29. The van der Waals surface area contributed by atoms with E-state index in [1.165, 1.54) is 12.1 Å². The minimum atomic E-state index is -0.734. The van der Waals surface area contributed by atoms with Crippen molar-refractivity contribution in [1.82, 2.24) is 9.80 Å². The SMILES string of the molecule is CCOc1ccc([C@@H]2[C@H](C(=O)Nc3ccc(F)cc3Cl)c3ccccc3C(=O)N2CCN2CCOCC2)cc1. The number of nitrogens with zero attached hydrogens (tertiary/aromatic N) is 2. The van der Waals surface area contributed by atoms with E-state index in [-0.39, 0.29) is 16.8 Å². The summed E-state index contributed by atoms with van der Waals surface area (Å²) in [5, 5.41) is 3.00. The number of ether oxygens (including phenoxy) is 2. The monoisotopic (exact) mass is 551 g/mol. The highest BCUT2D eigenvalue weighted by atomic mass is 35.5. The number of nitrogens with one attached hydrogen (secondary N) is 1. The average molecular weight is 552 g/mol. The number of hydrogen-bond acceptors (Lipinski definition) is 5. The normalized spacial score (nSPS) is 19.5. The van der Waals surface area contributed by atoms with Crippen molar-refractivity contribution in [3.05, 3.63) is 94.3 Å². The number of anilines is 1. The van der Waals surface area contributed by atoms with Crippen LogP contribution >= 0.6 is 11.6 Å². The number of halogens is 2. The van der Waals surface area contributed by atoms with Gasteiger partial charge < -0.3 is 19.7 Å². The average Bonchev–Trinajstić information content (AvgIpc) is 2.95. The van der Waals surface area contributed by atoms with Gasteiger partial charge >= 0.3 is 0 Å². The van der Waals surface area contributed by atoms with Crippen LogP contribution in [0.15, 0.2) is 66.7 Å². The van der Waals surface area contributed by atoms with E-state index in [0.29, 0.717) is 55.5 Å². The number of amides is 2.